The summed E-state index contributed by atoms with van der Waals surface area (Å²) in [4.78, 5) is 33.9. The molecule has 0 spiro atoms. The highest BCUT2D eigenvalue weighted by Gasteiger charge is 2.46. The molecular formula is C21H21NO3S2. The van der Waals surface area contributed by atoms with E-state index in [-0.39, 0.29) is 29.5 Å². The number of rotatable bonds is 3. The summed E-state index contributed by atoms with van der Waals surface area (Å²) in [5.74, 6) is -0.689. The highest BCUT2D eigenvalue weighted by Crippen LogP contribution is 2.47. The van der Waals surface area contributed by atoms with E-state index in [2.05, 4.69) is 6.07 Å². The van der Waals surface area contributed by atoms with E-state index in [0.29, 0.717) is 17.7 Å². The van der Waals surface area contributed by atoms with Crippen molar-refractivity contribution in [2.45, 2.75) is 38.5 Å². The Morgan fingerprint density at radius 3 is 2.59 bits per heavy atom. The van der Waals surface area contributed by atoms with Crippen LogP contribution in [-0.2, 0) is 14.3 Å². The molecule has 27 heavy (non-hydrogen) atoms. The molecule has 2 aromatic heterocycles. The summed E-state index contributed by atoms with van der Waals surface area (Å²) in [6.07, 6.45) is 1.27. The highest BCUT2D eigenvalue weighted by atomic mass is 32.1. The number of allylic oxidation sites excluding steroid dienone is 1. The molecule has 1 unspecified atom stereocenters. The van der Waals surface area contributed by atoms with E-state index in [9.17, 15) is 9.59 Å². The largest absolute Gasteiger partial charge is 0.466 e. The molecular weight excluding hydrogens is 378 g/mol. The number of hydrogen-bond acceptors (Lipinski definition) is 6. The SMILES string of the molecule is COC(=O)C1=C(C)N=C2C[C@H](c3cccs3)CC(=O)C2[C@@H]1c1ccc(C)s1. The zero-order valence-corrected chi connectivity index (χ0v) is 17.2. The summed E-state index contributed by atoms with van der Waals surface area (Å²) >= 11 is 3.33. The molecule has 0 radical (unpaired) electrons. The molecule has 0 aromatic carbocycles. The molecule has 0 bridgehead atoms. The van der Waals surface area contributed by atoms with Crippen LogP contribution in [0.5, 0.6) is 0 Å². The number of carbonyl (C=O) groups excluding carboxylic acids is 2. The Kier molecular flexibility index (Phi) is 4.86. The number of fused-ring (bicyclic) bond motifs is 1. The quantitative estimate of drug-likeness (QED) is 0.692. The van der Waals surface area contributed by atoms with Crippen LogP contribution in [-0.4, -0.2) is 24.6 Å². The van der Waals surface area contributed by atoms with Gasteiger partial charge in [0.15, 0.2) is 0 Å². The maximum absolute atomic E-state index is 13.2. The number of ketones is 1. The average Bonchev–Trinajstić information content (AvgIpc) is 3.31. The monoisotopic (exact) mass is 399 g/mol. The van der Waals surface area contributed by atoms with Crippen molar-refractivity contribution < 1.29 is 14.3 Å². The van der Waals surface area contributed by atoms with E-state index in [0.717, 1.165) is 21.9 Å². The van der Waals surface area contributed by atoms with Crippen LogP contribution in [0.4, 0.5) is 0 Å². The number of ether oxygens (including phenoxy) is 1. The van der Waals surface area contributed by atoms with E-state index >= 15 is 0 Å². The standard InChI is InChI=1S/C21H21NO3S2/c1-11-6-7-17(27-11)20-18(21(24)25-3)12(2)22-14-9-13(10-15(23)19(14)20)16-5-4-8-26-16/h4-8,13,19-20H,9-10H2,1-3H3/t13-,19?,20+/m0/s1. The second-order valence-electron chi connectivity index (χ2n) is 7.08. The van der Waals surface area contributed by atoms with Crippen molar-refractivity contribution in [2.75, 3.05) is 7.11 Å². The molecule has 4 rings (SSSR count). The molecule has 3 heterocycles. The fourth-order valence-electron chi connectivity index (χ4n) is 4.20. The van der Waals surface area contributed by atoms with Crippen molar-refractivity contribution >= 4 is 40.1 Å². The minimum Gasteiger partial charge on any atom is -0.466 e. The zero-order chi connectivity index (χ0) is 19.1. The Bertz CT molecular complexity index is 952. The van der Waals surface area contributed by atoms with Gasteiger partial charge in [-0.15, -0.1) is 22.7 Å². The number of Topliss-reactive ketones (excluding diaryl/α,β-unsaturated/α-hetero) is 1. The Morgan fingerprint density at radius 1 is 1.15 bits per heavy atom. The molecule has 1 aliphatic carbocycles. The van der Waals surface area contributed by atoms with Crippen molar-refractivity contribution in [1.82, 2.24) is 0 Å². The fraction of sp³-hybridized carbons (Fsp3) is 0.381. The van der Waals surface area contributed by atoms with Crippen LogP contribution in [0.25, 0.3) is 0 Å². The summed E-state index contributed by atoms with van der Waals surface area (Å²) in [5, 5.41) is 2.05. The Morgan fingerprint density at radius 2 is 1.96 bits per heavy atom. The van der Waals surface area contributed by atoms with Crippen LogP contribution < -0.4 is 0 Å². The number of aliphatic imine (C=N–C) groups is 1. The smallest absolute Gasteiger partial charge is 0.336 e. The first-order valence-corrected chi connectivity index (χ1v) is 10.7. The minimum absolute atomic E-state index is 0.170. The lowest BCUT2D eigenvalue weighted by Gasteiger charge is -2.37. The molecule has 2 aromatic rings. The number of aryl methyl sites for hydroxylation is 1. The number of carbonyl (C=O) groups is 2. The fourth-order valence-corrected chi connectivity index (χ4v) is 6.06. The summed E-state index contributed by atoms with van der Waals surface area (Å²) in [6, 6.07) is 8.19. The van der Waals surface area contributed by atoms with Gasteiger partial charge in [-0.25, -0.2) is 4.79 Å². The maximum Gasteiger partial charge on any atom is 0.336 e. The number of hydrogen-bond donors (Lipinski definition) is 0. The van der Waals surface area contributed by atoms with Gasteiger partial charge in [0.2, 0.25) is 0 Å². The van der Waals surface area contributed by atoms with Gasteiger partial charge in [-0.05, 0) is 43.8 Å². The van der Waals surface area contributed by atoms with Crippen molar-refractivity contribution in [1.29, 1.82) is 0 Å². The number of nitrogens with zero attached hydrogens (tertiary/aromatic N) is 1. The number of esters is 1. The number of thiophene rings is 2. The van der Waals surface area contributed by atoms with Crippen LogP contribution in [0.3, 0.4) is 0 Å². The van der Waals surface area contributed by atoms with Gasteiger partial charge < -0.3 is 4.74 Å². The van der Waals surface area contributed by atoms with E-state index in [1.807, 2.05) is 37.4 Å². The predicted octanol–water partition coefficient (Wildman–Crippen LogP) is 4.87. The van der Waals surface area contributed by atoms with E-state index < -0.39 is 0 Å². The van der Waals surface area contributed by atoms with Gasteiger partial charge in [0, 0.05) is 44.3 Å². The molecule has 0 N–H and O–H groups in total. The molecule has 0 amide bonds. The van der Waals surface area contributed by atoms with Crippen LogP contribution >= 0.6 is 22.7 Å². The third-order valence-electron chi connectivity index (χ3n) is 5.37. The van der Waals surface area contributed by atoms with Gasteiger partial charge in [-0.2, -0.15) is 0 Å². The lowest BCUT2D eigenvalue weighted by molar-refractivity contribution is -0.136. The van der Waals surface area contributed by atoms with Crippen LogP contribution in [0, 0.1) is 12.8 Å². The Hall–Kier alpha value is -2.05. The molecule has 3 atom stereocenters. The second-order valence-corrected chi connectivity index (χ2v) is 9.38. The Labute approximate surface area is 166 Å². The van der Waals surface area contributed by atoms with Crippen LogP contribution in [0.15, 0.2) is 45.9 Å². The van der Waals surface area contributed by atoms with Gasteiger partial charge in [0.25, 0.3) is 0 Å². The molecule has 1 saturated carbocycles. The summed E-state index contributed by atoms with van der Waals surface area (Å²) < 4.78 is 5.04. The molecule has 1 fully saturated rings. The third kappa shape index (κ3) is 3.21. The lowest BCUT2D eigenvalue weighted by atomic mass is 9.68. The summed E-state index contributed by atoms with van der Waals surface area (Å²) in [6.45, 7) is 3.89. The van der Waals surface area contributed by atoms with E-state index in [1.165, 1.54) is 12.0 Å². The maximum atomic E-state index is 13.2. The molecule has 6 heteroatoms. The first kappa shape index (κ1) is 18.3. The average molecular weight is 400 g/mol. The van der Waals surface area contributed by atoms with Crippen LogP contribution in [0.2, 0.25) is 0 Å². The normalized spacial score (nSPS) is 25.2. The molecule has 4 nitrogen and oxygen atoms in total. The van der Waals surface area contributed by atoms with Crippen molar-refractivity contribution in [2.24, 2.45) is 10.9 Å². The van der Waals surface area contributed by atoms with Gasteiger partial charge in [-0.1, -0.05) is 6.07 Å². The topological polar surface area (TPSA) is 55.7 Å². The molecule has 140 valence electrons. The lowest BCUT2D eigenvalue weighted by Crippen LogP contribution is -2.40. The second kappa shape index (κ2) is 7.17. The minimum atomic E-state index is -0.389. The van der Waals surface area contributed by atoms with Crippen molar-refractivity contribution in [3.8, 4) is 0 Å². The first-order chi connectivity index (χ1) is 13.0. The van der Waals surface area contributed by atoms with Crippen molar-refractivity contribution in [3.63, 3.8) is 0 Å². The van der Waals surface area contributed by atoms with E-state index in [4.69, 9.17) is 9.73 Å². The van der Waals surface area contributed by atoms with E-state index in [1.54, 1.807) is 22.7 Å². The summed E-state index contributed by atoms with van der Waals surface area (Å²) in [5.41, 5.74) is 2.10. The molecule has 0 saturated heterocycles. The van der Waals surface area contributed by atoms with Gasteiger partial charge in [-0.3, -0.25) is 9.79 Å². The zero-order valence-electron chi connectivity index (χ0n) is 15.5. The highest BCUT2D eigenvalue weighted by molar-refractivity contribution is 7.12. The predicted molar refractivity (Wildman–Crippen MR) is 109 cm³/mol. The third-order valence-corrected chi connectivity index (χ3v) is 7.49. The molecule has 2 aliphatic rings. The first-order valence-electron chi connectivity index (χ1n) is 8.98. The van der Waals surface area contributed by atoms with Crippen molar-refractivity contribution in [3.05, 3.63) is 55.5 Å². The van der Waals surface area contributed by atoms with Crippen LogP contribution in [0.1, 0.15) is 46.2 Å². The number of methoxy groups -OCH3 is 1. The van der Waals surface area contributed by atoms with Gasteiger partial charge in [0.05, 0.1) is 18.6 Å². The Balaban J connectivity index is 1.80. The summed E-state index contributed by atoms with van der Waals surface area (Å²) in [7, 11) is 1.38. The van der Waals surface area contributed by atoms with Gasteiger partial charge >= 0.3 is 5.97 Å². The molecule has 1 aliphatic heterocycles. The van der Waals surface area contributed by atoms with Gasteiger partial charge in [0.1, 0.15) is 5.78 Å².